The van der Waals surface area contributed by atoms with Crippen LogP contribution in [0.4, 0.5) is 0 Å². The third-order valence-corrected chi connectivity index (χ3v) is 0.731. The van der Waals surface area contributed by atoms with Crippen molar-refractivity contribution in [2.45, 2.75) is 43.1 Å². The van der Waals surface area contributed by atoms with Gasteiger partial charge in [0, 0.05) is 7.11 Å². The molecule has 0 aliphatic heterocycles. The molecular formula is C10H26O4. The topological polar surface area (TPSA) is 52.6 Å². The van der Waals surface area contributed by atoms with Gasteiger partial charge in [-0.2, -0.15) is 0 Å². The van der Waals surface area contributed by atoms with E-state index in [2.05, 4.69) is 9.47 Å². The van der Waals surface area contributed by atoms with Crippen LogP contribution in [0, 0.1) is 0 Å². The van der Waals surface area contributed by atoms with Crippen molar-refractivity contribution in [2.24, 2.45) is 0 Å². The molecule has 0 saturated heterocycles. The van der Waals surface area contributed by atoms with E-state index in [-0.39, 0.29) is 48.7 Å². The third-order valence-electron chi connectivity index (χ3n) is 0.731. The van der Waals surface area contributed by atoms with Gasteiger partial charge in [-0.3, -0.25) is 9.59 Å². The van der Waals surface area contributed by atoms with Crippen molar-refractivity contribution < 1.29 is 19.1 Å². The van der Waals surface area contributed by atoms with Gasteiger partial charge < -0.3 is 9.47 Å². The second-order valence-electron chi connectivity index (χ2n) is 1.80. The van der Waals surface area contributed by atoms with Crippen molar-refractivity contribution in [3.63, 3.8) is 0 Å². The van der Waals surface area contributed by atoms with Gasteiger partial charge in [-0.25, -0.2) is 0 Å². The van der Waals surface area contributed by atoms with Crippen molar-refractivity contribution in [1.82, 2.24) is 0 Å². The second-order valence-corrected chi connectivity index (χ2v) is 1.80. The molecule has 0 spiro atoms. The zero-order chi connectivity index (χ0) is 7.98. The van der Waals surface area contributed by atoms with E-state index in [1.807, 2.05) is 0 Å². The quantitative estimate of drug-likeness (QED) is 0.406. The van der Waals surface area contributed by atoms with Crippen LogP contribution < -0.4 is 0 Å². The highest BCUT2D eigenvalue weighted by Crippen LogP contribution is 1.86. The number of carbonyl (C=O) groups is 2. The van der Waals surface area contributed by atoms with E-state index in [1.54, 1.807) is 0 Å². The Morgan fingerprint density at radius 2 is 1.50 bits per heavy atom. The molecule has 0 aromatic rings. The molecule has 0 unspecified atom stereocenters. The van der Waals surface area contributed by atoms with Gasteiger partial charge in [0.1, 0.15) is 12.2 Å². The van der Waals surface area contributed by atoms with Crippen LogP contribution in [0.3, 0.4) is 0 Å². The summed E-state index contributed by atoms with van der Waals surface area (Å²) in [5, 5.41) is 0. The first-order valence-corrected chi connectivity index (χ1v) is 2.81. The maximum absolute atomic E-state index is 10.5. The number of methoxy groups -OCH3 is 1. The van der Waals surface area contributed by atoms with Gasteiger partial charge >= 0.3 is 5.97 Å². The Bertz CT molecular complexity index is 132. The van der Waals surface area contributed by atoms with E-state index in [9.17, 15) is 9.59 Å². The molecule has 0 bridgehead atoms. The number of ether oxygens (including phenoxy) is 2. The summed E-state index contributed by atoms with van der Waals surface area (Å²) in [4.78, 5) is 20.8. The first kappa shape index (κ1) is 29.2. The van der Waals surface area contributed by atoms with E-state index in [0.717, 1.165) is 0 Å². The lowest BCUT2D eigenvalue weighted by atomic mass is 10.3. The van der Waals surface area contributed by atoms with E-state index in [0.29, 0.717) is 0 Å². The van der Waals surface area contributed by atoms with Crippen LogP contribution in [0.2, 0.25) is 0 Å². The number of rotatable bonds is 4. The Labute approximate surface area is 88.6 Å². The summed E-state index contributed by atoms with van der Waals surface area (Å²) in [7, 11) is 1.40. The SMILES string of the molecule is C.C.C.C.COCOC(=O)CC(C)=O. The Balaban J connectivity index is -0.0000000675. The van der Waals surface area contributed by atoms with Crippen LogP contribution >= 0.6 is 0 Å². The molecule has 0 N–H and O–H groups in total. The molecule has 4 heteroatoms. The van der Waals surface area contributed by atoms with Gasteiger partial charge in [-0.05, 0) is 6.92 Å². The standard InChI is InChI=1S/C6H10O4.4CH4/c1-5(7)3-6(8)10-4-9-2;;;;/h3-4H2,1-2H3;4*1H4. The summed E-state index contributed by atoms with van der Waals surface area (Å²) in [6, 6.07) is 0. The highest BCUT2D eigenvalue weighted by atomic mass is 16.7. The molecule has 0 amide bonds. The lowest BCUT2D eigenvalue weighted by Gasteiger charge is -1.99. The van der Waals surface area contributed by atoms with Crippen molar-refractivity contribution in [3.05, 3.63) is 0 Å². The summed E-state index contributed by atoms with van der Waals surface area (Å²) >= 11 is 0. The maximum atomic E-state index is 10.5. The van der Waals surface area contributed by atoms with E-state index < -0.39 is 5.97 Å². The van der Waals surface area contributed by atoms with Crippen LogP contribution in [0.25, 0.3) is 0 Å². The Hall–Kier alpha value is -0.900. The molecule has 4 nitrogen and oxygen atoms in total. The molecule has 14 heavy (non-hydrogen) atoms. The zero-order valence-corrected chi connectivity index (χ0v) is 6.05. The molecule has 0 atom stereocenters. The summed E-state index contributed by atoms with van der Waals surface area (Å²) in [5.41, 5.74) is 0. The van der Waals surface area contributed by atoms with Crippen LogP contribution in [-0.4, -0.2) is 25.7 Å². The minimum atomic E-state index is -0.547. The summed E-state index contributed by atoms with van der Waals surface area (Å²) in [6.45, 7) is 1.24. The van der Waals surface area contributed by atoms with Crippen molar-refractivity contribution in [2.75, 3.05) is 13.9 Å². The summed E-state index contributed by atoms with van der Waals surface area (Å²) in [6.07, 6.45) is -0.177. The molecule has 0 aromatic heterocycles. The zero-order valence-electron chi connectivity index (χ0n) is 6.05. The average molecular weight is 210 g/mol. The lowest BCUT2D eigenvalue weighted by Crippen LogP contribution is -2.10. The number of esters is 1. The highest BCUT2D eigenvalue weighted by molar-refractivity contribution is 5.94. The van der Waals surface area contributed by atoms with Gasteiger partial charge in [-0.1, -0.05) is 29.7 Å². The van der Waals surface area contributed by atoms with Crippen molar-refractivity contribution >= 4 is 11.8 Å². The Morgan fingerprint density at radius 3 is 1.79 bits per heavy atom. The molecule has 0 heterocycles. The average Bonchev–Trinajstić information content (AvgIpc) is 1.82. The Kier molecular flexibility index (Phi) is 37.6. The fourth-order valence-electron chi connectivity index (χ4n) is 0.379. The smallest absolute Gasteiger partial charge is 0.315 e. The lowest BCUT2D eigenvalue weighted by molar-refractivity contribution is -0.155. The van der Waals surface area contributed by atoms with Gasteiger partial charge in [-0.15, -0.1) is 0 Å². The van der Waals surface area contributed by atoms with Crippen LogP contribution in [0.15, 0.2) is 0 Å². The van der Waals surface area contributed by atoms with E-state index >= 15 is 0 Å². The second kappa shape index (κ2) is 18.0. The fraction of sp³-hybridized carbons (Fsp3) is 0.800. The number of ketones is 1. The molecule has 0 radical (unpaired) electrons. The number of Topliss-reactive ketones (excluding diaryl/α,β-unsaturated/α-hetero) is 1. The predicted octanol–water partition coefficient (Wildman–Crippen LogP) is 2.66. The van der Waals surface area contributed by atoms with Gasteiger partial charge in [0.15, 0.2) is 6.79 Å². The number of hydrogen-bond acceptors (Lipinski definition) is 4. The van der Waals surface area contributed by atoms with Gasteiger partial charge in [0.2, 0.25) is 0 Å². The summed E-state index contributed by atoms with van der Waals surface area (Å²) in [5.74, 6) is -0.754. The molecule has 0 aliphatic carbocycles. The van der Waals surface area contributed by atoms with Gasteiger partial charge in [0.25, 0.3) is 0 Å². The van der Waals surface area contributed by atoms with Crippen molar-refractivity contribution in [3.8, 4) is 0 Å². The fourth-order valence-corrected chi connectivity index (χ4v) is 0.379. The number of carbonyl (C=O) groups excluding carboxylic acids is 2. The normalized spacial score (nSPS) is 6.43. The highest BCUT2D eigenvalue weighted by Gasteiger charge is 2.04. The molecule has 0 saturated carbocycles. The maximum Gasteiger partial charge on any atom is 0.315 e. The molecule has 0 rings (SSSR count). The largest absolute Gasteiger partial charge is 0.438 e. The monoisotopic (exact) mass is 210 g/mol. The molecular weight excluding hydrogens is 184 g/mol. The van der Waals surface area contributed by atoms with E-state index in [4.69, 9.17) is 0 Å². The molecule has 0 aromatic carbocycles. The number of hydrogen-bond donors (Lipinski definition) is 0. The minimum absolute atomic E-state index is 0. The third kappa shape index (κ3) is 22.5. The molecule has 90 valence electrons. The minimum Gasteiger partial charge on any atom is -0.438 e. The first-order valence-electron chi connectivity index (χ1n) is 2.81. The molecule has 0 aliphatic rings. The van der Waals surface area contributed by atoms with E-state index in [1.165, 1.54) is 14.0 Å². The predicted molar refractivity (Wildman–Crippen MR) is 60.2 cm³/mol. The molecule has 0 fully saturated rings. The van der Waals surface area contributed by atoms with Crippen LogP contribution in [0.5, 0.6) is 0 Å². The first-order chi connectivity index (χ1) is 4.66. The van der Waals surface area contributed by atoms with Gasteiger partial charge in [0.05, 0.1) is 0 Å². The Morgan fingerprint density at radius 1 is 1.07 bits per heavy atom. The van der Waals surface area contributed by atoms with Crippen LogP contribution in [-0.2, 0) is 19.1 Å². The van der Waals surface area contributed by atoms with Crippen molar-refractivity contribution in [1.29, 1.82) is 0 Å². The van der Waals surface area contributed by atoms with Crippen LogP contribution in [0.1, 0.15) is 43.1 Å². The summed E-state index contributed by atoms with van der Waals surface area (Å²) < 4.78 is 8.86.